The molecule has 0 aliphatic rings. The fourth-order valence-corrected chi connectivity index (χ4v) is 2.30. The van der Waals surface area contributed by atoms with Gasteiger partial charge in [0.05, 0.1) is 19.5 Å². The van der Waals surface area contributed by atoms with Crippen LogP contribution >= 0.6 is 0 Å². The molecule has 0 spiro atoms. The highest BCUT2D eigenvalue weighted by atomic mass is 16.5. The molecule has 0 bridgehead atoms. The number of nitrogens with one attached hydrogen (secondary N) is 4. The highest BCUT2D eigenvalue weighted by Crippen LogP contribution is 1.99. The number of unbranched alkanes of at least 4 members (excludes halogenated alkanes) is 4. The van der Waals surface area contributed by atoms with Crippen LogP contribution < -0.4 is 27.5 Å². The van der Waals surface area contributed by atoms with E-state index in [-0.39, 0.29) is 18.5 Å². The molecule has 0 heterocycles. The van der Waals surface area contributed by atoms with Crippen molar-refractivity contribution >= 4 is 18.3 Å². The minimum Gasteiger partial charge on any atom is -0.450 e. The molecular formula is C18H39N7O3. The lowest BCUT2D eigenvalue weighted by atomic mass is 10.2. The number of carbonyl (C=O) groups is 2. The number of amides is 2. The first kappa shape index (κ1) is 26.1. The lowest BCUT2D eigenvalue weighted by Crippen LogP contribution is -2.37. The van der Waals surface area contributed by atoms with E-state index in [0.717, 1.165) is 64.4 Å². The monoisotopic (exact) mass is 401 g/mol. The van der Waals surface area contributed by atoms with Gasteiger partial charge in [0.25, 0.3) is 0 Å². The van der Waals surface area contributed by atoms with Gasteiger partial charge in [0.1, 0.15) is 0 Å². The highest BCUT2D eigenvalue weighted by molar-refractivity contribution is 5.82. The number of nitrogens with two attached hydrogens (primary N) is 2. The minimum absolute atomic E-state index is 0.0842. The highest BCUT2D eigenvalue weighted by Gasteiger charge is 2.05. The van der Waals surface area contributed by atoms with Gasteiger partial charge < -0.3 is 31.4 Å². The number of carbonyl (C=O) groups excluding carboxylic acids is 2. The third-order valence-electron chi connectivity index (χ3n) is 3.98. The molecule has 164 valence electrons. The van der Waals surface area contributed by atoms with E-state index in [9.17, 15) is 9.59 Å². The Morgan fingerprint density at radius 1 is 1.07 bits per heavy atom. The molecule has 0 aromatic heterocycles. The van der Waals surface area contributed by atoms with Crippen LogP contribution in [-0.4, -0.2) is 68.7 Å². The second kappa shape index (κ2) is 18.5. The Morgan fingerprint density at radius 3 is 2.50 bits per heavy atom. The Labute approximate surface area is 168 Å². The Morgan fingerprint density at radius 2 is 1.79 bits per heavy atom. The molecule has 0 unspecified atom stereocenters. The normalized spacial score (nSPS) is 11.5. The molecule has 0 aliphatic carbocycles. The molecule has 0 aromatic rings. The molecule has 2 amide bonds. The molecule has 0 radical (unpaired) electrons. The third kappa shape index (κ3) is 18.9. The van der Waals surface area contributed by atoms with Crippen molar-refractivity contribution in [3.8, 4) is 0 Å². The second-order valence-electron chi connectivity index (χ2n) is 6.84. The summed E-state index contributed by atoms with van der Waals surface area (Å²) < 4.78 is 5.03. The zero-order chi connectivity index (χ0) is 21.0. The fraction of sp³-hybridized carbons (Fsp3) is 0.833. The fourth-order valence-electron chi connectivity index (χ4n) is 2.30. The zero-order valence-corrected chi connectivity index (χ0v) is 17.2. The molecular weight excluding hydrogens is 362 g/mol. The number of hydrogen-bond donors (Lipinski definition) is 6. The van der Waals surface area contributed by atoms with Gasteiger partial charge in [0.15, 0.2) is 0 Å². The largest absolute Gasteiger partial charge is 0.450 e. The molecule has 0 saturated heterocycles. The van der Waals surface area contributed by atoms with Crippen LogP contribution in [0.4, 0.5) is 4.79 Å². The van der Waals surface area contributed by atoms with E-state index in [2.05, 4.69) is 16.0 Å². The average Bonchev–Trinajstić information content (AvgIpc) is 2.67. The van der Waals surface area contributed by atoms with Crippen LogP contribution in [-0.2, 0) is 9.53 Å². The van der Waals surface area contributed by atoms with Crippen molar-refractivity contribution in [1.29, 1.82) is 5.41 Å². The summed E-state index contributed by atoms with van der Waals surface area (Å²) >= 11 is 0. The molecule has 1 atom stereocenters. The van der Waals surface area contributed by atoms with E-state index in [1.165, 1.54) is 5.01 Å². The van der Waals surface area contributed by atoms with Gasteiger partial charge in [-0.05, 0) is 52.1 Å². The van der Waals surface area contributed by atoms with Gasteiger partial charge >= 0.3 is 6.09 Å². The van der Waals surface area contributed by atoms with Crippen molar-refractivity contribution in [2.24, 2.45) is 11.6 Å². The van der Waals surface area contributed by atoms with Crippen molar-refractivity contribution in [2.75, 3.05) is 39.3 Å². The van der Waals surface area contributed by atoms with E-state index in [0.29, 0.717) is 19.7 Å². The number of ether oxygens (including phenoxy) is 1. The molecule has 28 heavy (non-hydrogen) atoms. The molecule has 0 fully saturated rings. The molecule has 10 heteroatoms. The quantitative estimate of drug-likeness (QED) is 0.0632. The smallest absolute Gasteiger partial charge is 0.407 e. The summed E-state index contributed by atoms with van der Waals surface area (Å²) in [6.45, 7) is 5.22. The number of alkyl carbamates (subject to hydrolysis) is 1. The first-order valence-electron chi connectivity index (χ1n) is 10.1. The summed E-state index contributed by atoms with van der Waals surface area (Å²) in [6, 6.07) is 0.206. The summed E-state index contributed by atoms with van der Waals surface area (Å²) in [7, 11) is 0. The summed E-state index contributed by atoms with van der Waals surface area (Å²) in [5.74, 6) is 5.24. The Bertz CT molecular complexity index is 422. The lowest BCUT2D eigenvalue weighted by Gasteiger charge is -2.11. The Balaban J connectivity index is 3.39. The molecule has 0 saturated carbocycles. The predicted molar refractivity (Wildman–Crippen MR) is 111 cm³/mol. The Kier molecular flexibility index (Phi) is 17.2. The standard InChI is InChI=1S/C18H39N7O3/c1-16(20)8-11-22-9-5-7-13-28-18(27)24-14-17(26)23-10-4-2-3-6-12-25(21)15-19/h15-16,19,22H,2-14,20-21H2,1H3,(H,23,26)(H,24,27)/t16-/m0/s1. The van der Waals surface area contributed by atoms with E-state index >= 15 is 0 Å². The van der Waals surface area contributed by atoms with Crippen LogP contribution in [0.5, 0.6) is 0 Å². The van der Waals surface area contributed by atoms with Crippen molar-refractivity contribution in [3.63, 3.8) is 0 Å². The number of nitrogens with zero attached hydrogens (tertiary/aromatic N) is 1. The zero-order valence-electron chi connectivity index (χ0n) is 17.2. The number of hydrogen-bond acceptors (Lipinski definition) is 7. The molecule has 0 aromatic carbocycles. The second-order valence-corrected chi connectivity index (χ2v) is 6.84. The minimum atomic E-state index is -0.572. The first-order valence-corrected chi connectivity index (χ1v) is 10.1. The van der Waals surface area contributed by atoms with E-state index in [1.807, 2.05) is 6.92 Å². The van der Waals surface area contributed by atoms with Gasteiger partial charge in [-0.2, -0.15) is 0 Å². The molecule has 8 N–H and O–H groups in total. The van der Waals surface area contributed by atoms with Crippen molar-refractivity contribution in [3.05, 3.63) is 0 Å². The number of hydrazine groups is 1. The van der Waals surface area contributed by atoms with Crippen LogP contribution in [0.3, 0.4) is 0 Å². The molecule has 0 aliphatic heterocycles. The van der Waals surface area contributed by atoms with Crippen molar-refractivity contribution in [1.82, 2.24) is 21.0 Å². The van der Waals surface area contributed by atoms with Crippen LogP contribution in [0, 0.1) is 5.41 Å². The van der Waals surface area contributed by atoms with Crippen LogP contribution in [0.25, 0.3) is 0 Å². The van der Waals surface area contributed by atoms with Gasteiger partial charge in [-0.25, -0.2) is 10.6 Å². The van der Waals surface area contributed by atoms with Crippen LogP contribution in [0.15, 0.2) is 0 Å². The first-order chi connectivity index (χ1) is 13.5. The summed E-state index contributed by atoms with van der Waals surface area (Å²) in [5.41, 5.74) is 5.66. The van der Waals surface area contributed by atoms with E-state index < -0.39 is 6.09 Å². The maximum Gasteiger partial charge on any atom is 0.407 e. The van der Waals surface area contributed by atoms with Gasteiger partial charge in [-0.3, -0.25) is 10.2 Å². The summed E-state index contributed by atoms with van der Waals surface area (Å²) in [6.07, 6.45) is 6.90. The van der Waals surface area contributed by atoms with E-state index in [1.54, 1.807) is 0 Å². The van der Waals surface area contributed by atoms with Crippen molar-refractivity contribution in [2.45, 2.75) is 57.9 Å². The van der Waals surface area contributed by atoms with Gasteiger partial charge in [0.2, 0.25) is 5.91 Å². The SMILES string of the molecule is C[C@H](N)CCNCCCCOC(=O)NCC(=O)NCCCCCCN(N)C=N. The predicted octanol–water partition coefficient (Wildman–Crippen LogP) is 0.279. The maximum atomic E-state index is 11.6. The Hall–Kier alpha value is -1.91. The van der Waals surface area contributed by atoms with Gasteiger partial charge in [0, 0.05) is 19.1 Å². The third-order valence-corrected chi connectivity index (χ3v) is 3.98. The number of rotatable bonds is 18. The summed E-state index contributed by atoms with van der Waals surface area (Å²) in [5, 5.41) is 16.8. The topological polar surface area (TPSA) is 159 Å². The molecule has 0 rings (SSSR count). The lowest BCUT2D eigenvalue weighted by molar-refractivity contribution is -0.120. The van der Waals surface area contributed by atoms with Gasteiger partial charge in [-0.1, -0.05) is 12.8 Å². The average molecular weight is 402 g/mol. The van der Waals surface area contributed by atoms with Crippen molar-refractivity contribution < 1.29 is 14.3 Å². The summed E-state index contributed by atoms with van der Waals surface area (Å²) in [4.78, 5) is 23.2. The van der Waals surface area contributed by atoms with Gasteiger partial charge in [-0.15, -0.1) is 0 Å². The van der Waals surface area contributed by atoms with Crippen LogP contribution in [0.2, 0.25) is 0 Å². The van der Waals surface area contributed by atoms with Crippen LogP contribution in [0.1, 0.15) is 51.9 Å². The molecule has 10 nitrogen and oxygen atoms in total. The maximum absolute atomic E-state index is 11.6. The van der Waals surface area contributed by atoms with E-state index in [4.69, 9.17) is 21.7 Å².